The first kappa shape index (κ1) is 15.6. The lowest BCUT2D eigenvalue weighted by Gasteiger charge is -2.12. The van der Waals surface area contributed by atoms with Crippen LogP contribution in [0.1, 0.15) is 29.7 Å². The van der Waals surface area contributed by atoms with Crippen LogP contribution in [0.2, 0.25) is 0 Å². The number of hydrogen-bond donors (Lipinski definition) is 1. The molecule has 6 rings (SSSR count). The Kier molecular flexibility index (Phi) is 3.48. The second kappa shape index (κ2) is 6.03. The second-order valence-electron chi connectivity index (χ2n) is 7.14. The monoisotopic (exact) mass is 381 g/mol. The summed E-state index contributed by atoms with van der Waals surface area (Å²) in [7, 11) is 0. The van der Waals surface area contributed by atoms with Gasteiger partial charge in [-0.3, -0.25) is 0 Å². The van der Waals surface area contributed by atoms with Crippen LogP contribution in [0, 0.1) is 0 Å². The number of thiophene rings is 1. The molecule has 0 saturated carbocycles. The molecular weight excluding hydrogens is 362 g/mol. The molecule has 8 heteroatoms. The third-order valence-electron chi connectivity index (χ3n) is 5.39. The van der Waals surface area contributed by atoms with Gasteiger partial charge in [0.2, 0.25) is 11.8 Å². The van der Waals surface area contributed by atoms with E-state index in [1.807, 2.05) is 16.6 Å². The largest absolute Gasteiger partial charge is 0.461 e. The molecule has 0 aromatic carbocycles. The van der Waals surface area contributed by atoms with Gasteiger partial charge in [0.1, 0.15) is 4.83 Å². The molecule has 0 spiro atoms. The predicted molar refractivity (Wildman–Crippen MR) is 103 cm³/mol. The van der Waals surface area contributed by atoms with E-state index < -0.39 is 0 Å². The van der Waals surface area contributed by atoms with Crippen LogP contribution in [0.4, 0.5) is 5.95 Å². The Hall–Kier alpha value is -2.45. The summed E-state index contributed by atoms with van der Waals surface area (Å²) in [5.74, 6) is 1.98. The average molecular weight is 381 g/mol. The molecule has 1 N–H and O–H groups in total. The maximum Gasteiger partial charge on any atom is 0.227 e. The quantitative estimate of drug-likeness (QED) is 0.581. The molecule has 0 amide bonds. The van der Waals surface area contributed by atoms with E-state index in [1.165, 1.54) is 16.9 Å². The second-order valence-corrected chi connectivity index (χ2v) is 8.22. The Morgan fingerprint density at radius 3 is 3.11 bits per heavy atom. The van der Waals surface area contributed by atoms with Crippen molar-refractivity contribution in [1.82, 2.24) is 19.6 Å². The van der Waals surface area contributed by atoms with Gasteiger partial charge in [0.15, 0.2) is 11.4 Å². The summed E-state index contributed by atoms with van der Waals surface area (Å²) in [5, 5.41) is 9.30. The first-order valence-electron chi connectivity index (χ1n) is 9.47. The van der Waals surface area contributed by atoms with Crippen LogP contribution >= 0.6 is 11.3 Å². The van der Waals surface area contributed by atoms with Crippen LogP contribution < -0.4 is 5.32 Å². The van der Waals surface area contributed by atoms with Gasteiger partial charge in [-0.1, -0.05) is 0 Å². The zero-order valence-electron chi connectivity index (χ0n) is 14.8. The maximum absolute atomic E-state index is 5.74. The van der Waals surface area contributed by atoms with E-state index in [0.29, 0.717) is 11.6 Å². The van der Waals surface area contributed by atoms with Gasteiger partial charge in [0, 0.05) is 18.0 Å². The molecule has 0 radical (unpaired) electrons. The van der Waals surface area contributed by atoms with Crippen LogP contribution in [0.5, 0.6) is 0 Å². The summed E-state index contributed by atoms with van der Waals surface area (Å²) in [6.07, 6.45) is 7.53. The van der Waals surface area contributed by atoms with Crippen LogP contribution in [-0.4, -0.2) is 38.8 Å². The summed E-state index contributed by atoms with van der Waals surface area (Å²) in [6, 6.07) is 3.74. The van der Waals surface area contributed by atoms with Gasteiger partial charge in [-0.05, 0) is 49.8 Å². The minimum Gasteiger partial charge on any atom is -0.461 e. The van der Waals surface area contributed by atoms with Crippen molar-refractivity contribution < 1.29 is 9.15 Å². The van der Waals surface area contributed by atoms with Crippen LogP contribution in [0.15, 0.2) is 22.8 Å². The van der Waals surface area contributed by atoms with Gasteiger partial charge >= 0.3 is 0 Å². The fourth-order valence-electron chi connectivity index (χ4n) is 4.10. The van der Waals surface area contributed by atoms with Crippen molar-refractivity contribution in [3.05, 3.63) is 28.8 Å². The molecule has 1 aliphatic heterocycles. The zero-order valence-corrected chi connectivity index (χ0v) is 15.6. The summed E-state index contributed by atoms with van der Waals surface area (Å²) in [5.41, 5.74) is 2.26. The summed E-state index contributed by atoms with van der Waals surface area (Å²) < 4.78 is 13.1. The molecule has 4 aromatic rings. The first-order chi connectivity index (χ1) is 13.4. The fraction of sp³-hybridized carbons (Fsp3) is 0.421. The lowest BCUT2D eigenvalue weighted by Crippen LogP contribution is -2.20. The molecule has 1 atom stereocenters. The smallest absolute Gasteiger partial charge is 0.227 e. The fourth-order valence-corrected chi connectivity index (χ4v) is 5.36. The number of ether oxygens (including phenoxy) is 1. The van der Waals surface area contributed by atoms with Crippen molar-refractivity contribution in [2.45, 2.75) is 38.2 Å². The predicted octanol–water partition coefficient (Wildman–Crippen LogP) is 3.68. The standard InChI is InChI=1S/C19H19N5O2S/c1-5-12-14(7-1)27-18-15(12)17-21-16(13-6-3-9-26-13)23-24(17)19(22-18)20-10-11-4-2-8-25-11/h3,6,9,11H,1-2,4-5,7-8,10H2,(H,20,22)/t11-/m0/s1. The van der Waals surface area contributed by atoms with Crippen molar-refractivity contribution in [3.63, 3.8) is 0 Å². The zero-order chi connectivity index (χ0) is 17.8. The molecule has 138 valence electrons. The third-order valence-corrected chi connectivity index (χ3v) is 6.58. The molecule has 4 aromatic heterocycles. The van der Waals surface area contributed by atoms with Gasteiger partial charge in [0.05, 0.1) is 17.8 Å². The summed E-state index contributed by atoms with van der Waals surface area (Å²) >= 11 is 1.79. The number of rotatable bonds is 4. The van der Waals surface area contributed by atoms with Crippen molar-refractivity contribution in [1.29, 1.82) is 0 Å². The molecule has 1 aliphatic carbocycles. The number of fused-ring (bicyclic) bond motifs is 5. The molecule has 0 unspecified atom stereocenters. The van der Waals surface area contributed by atoms with E-state index in [1.54, 1.807) is 17.6 Å². The summed E-state index contributed by atoms with van der Waals surface area (Å²) in [4.78, 5) is 12.2. The molecule has 5 heterocycles. The minimum atomic E-state index is 0.235. The number of nitrogens with zero attached hydrogens (tertiary/aromatic N) is 4. The van der Waals surface area contributed by atoms with Crippen molar-refractivity contribution in [2.24, 2.45) is 0 Å². The molecule has 27 heavy (non-hydrogen) atoms. The SMILES string of the molecule is c1coc(-c2nc3c4c5c(sc4nc(NC[C@@H]4CCCO4)n3n2)CCC5)c1. The molecule has 7 nitrogen and oxygen atoms in total. The van der Waals surface area contributed by atoms with Crippen LogP contribution in [0.25, 0.3) is 27.4 Å². The Morgan fingerprint density at radius 1 is 1.26 bits per heavy atom. The van der Waals surface area contributed by atoms with E-state index in [9.17, 15) is 0 Å². The maximum atomic E-state index is 5.74. The number of aromatic nitrogens is 4. The average Bonchev–Trinajstić information content (AvgIpc) is 3.48. The highest BCUT2D eigenvalue weighted by molar-refractivity contribution is 7.19. The van der Waals surface area contributed by atoms with E-state index in [-0.39, 0.29) is 6.10 Å². The van der Waals surface area contributed by atoms with Crippen LogP contribution in [0.3, 0.4) is 0 Å². The molecule has 1 fully saturated rings. The third kappa shape index (κ3) is 2.47. The topological polar surface area (TPSA) is 77.5 Å². The Labute approximate surface area is 159 Å². The lowest BCUT2D eigenvalue weighted by atomic mass is 10.2. The number of furan rings is 1. The Balaban J connectivity index is 1.52. The Morgan fingerprint density at radius 2 is 2.26 bits per heavy atom. The van der Waals surface area contributed by atoms with Crippen molar-refractivity contribution >= 4 is 33.1 Å². The highest BCUT2D eigenvalue weighted by atomic mass is 32.1. The number of nitrogens with one attached hydrogen (secondary N) is 1. The number of anilines is 1. The highest BCUT2D eigenvalue weighted by Crippen LogP contribution is 2.39. The summed E-state index contributed by atoms with van der Waals surface area (Å²) in [6.45, 7) is 1.58. The van der Waals surface area contributed by atoms with Gasteiger partial charge in [0.25, 0.3) is 0 Å². The van der Waals surface area contributed by atoms with Gasteiger partial charge in [-0.2, -0.15) is 4.52 Å². The lowest BCUT2D eigenvalue weighted by molar-refractivity contribution is 0.120. The number of hydrogen-bond acceptors (Lipinski definition) is 7. The minimum absolute atomic E-state index is 0.235. The van der Waals surface area contributed by atoms with E-state index >= 15 is 0 Å². The van der Waals surface area contributed by atoms with E-state index in [0.717, 1.165) is 60.6 Å². The first-order valence-corrected chi connectivity index (χ1v) is 10.3. The Bertz CT molecular complexity index is 1120. The van der Waals surface area contributed by atoms with Crippen molar-refractivity contribution in [3.8, 4) is 11.6 Å². The molecule has 1 saturated heterocycles. The van der Waals surface area contributed by atoms with Crippen LogP contribution in [-0.2, 0) is 17.6 Å². The molecule has 2 aliphatic rings. The van der Waals surface area contributed by atoms with Gasteiger partial charge < -0.3 is 14.5 Å². The molecular formula is C19H19N5O2S. The van der Waals surface area contributed by atoms with Gasteiger partial charge in [-0.25, -0.2) is 9.97 Å². The highest BCUT2D eigenvalue weighted by Gasteiger charge is 2.25. The number of aryl methyl sites for hydroxylation is 2. The van der Waals surface area contributed by atoms with E-state index in [4.69, 9.17) is 24.2 Å². The van der Waals surface area contributed by atoms with Gasteiger partial charge in [-0.15, -0.1) is 16.4 Å². The molecule has 0 bridgehead atoms. The normalized spacial score (nSPS) is 19.3. The van der Waals surface area contributed by atoms with E-state index in [2.05, 4.69) is 5.32 Å². The van der Waals surface area contributed by atoms with Crippen molar-refractivity contribution in [2.75, 3.05) is 18.5 Å².